The zero-order valence-electron chi connectivity index (χ0n) is 12.0. The second kappa shape index (κ2) is 6.23. The second-order valence-corrected chi connectivity index (χ2v) is 5.80. The Labute approximate surface area is 122 Å². The summed E-state index contributed by atoms with van der Waals surface area (Å²) in [6.45, 7) is 5.01. The van der Waals surface area contributed by atoms with Gasteiger partial charge < -0.3 is 15.4 Å². The van der Waals surface area contributed by atoms with Gasteiger partial charge in [-0.25, -0.2) is 4.98 Å². The summed E-state index contributed by atoms with van der Waals surface area (Å²) in [5, 5.41) is 11.3. The van der Waals surface area contributed by atoms with Crippen molar-refractivity contribution in [2.24, 2.45) is 5.41 Å². The van der Waals surface area contributed by atoms with Crippen molar-refractivity contribution in [1.29, 1.82) is 0 Å². The standard InChI is InChI=1S/C12H19ClN4O3/c1-12(2,7-20-4)6-16(3)11-10(17(18)19)8(14)5-9(13)15-11/h5H,6-7H2,1-4H3,(H2,14,15). The molecule has 0 atom stereocenters. The fraction of sp³-hybridized carbons (Fsp3) is 0.583. The minimum atomic E-state index is -0.548. The number of nitrogen functional groups attached to an aromatic ring is 1. The van der Waals surface area contributed by atoms with Gasteiger partial charge in [0.1, 0.15) is 10.8 Å². The summed E-state index contributed by atoms with van der Waals surface area (Å²) in [7, 11) is 3.32. The third kappa shape index (κ3) is 3.94. The number of hydrogen-bond acceptors (Lipinski definition) is 6. The van der Waals surface area contributed by atoms with Crippen molar-refractivity contribution in [3.05, 3.63) is 21.3 Å². The zero-order valence-corrected chi connectivity index (χ0v) is 12.8. The van der Waals surface area contributed by atoms with Crippen molar-refractivity contribution < 1.29 is 9.66 Å². The predicted molar refractivity (Wildman–Crippen MR) is 79.2 cm³/mol. The molecule has 0 spiro atoms. The molecular formula is C12H19ClN4O3. The summed E-state index contributed by atoms with van der Waals surface area (Å²) < 4.78 is 5.14. The van der Waals surface area contributed by atoms with E-state index in [4.69, 9.17) is 22.1 Å². The minimum Gasteiger partial charge on any atom is -0.393 e. The van der Waals surface area contributed by atoms with Crippen molar-refractivity contribution in [3.8, 4) is 0 Å². The van der Waals surface area contributed by atoms with E-state index in [9.17, 15) is 10.1 Å². The molecule has 0 aromatic carbocycles. The van der Waals surface area contributed by atoms with Gasteiger partial charge in [-0.05, 0) is 0 Å². The van der Waals surface area contributed by atoms with E-state index in [2.05, 4.69) is 4.98 Å². The monoisotopic (exact) mass is 302 g/mol. The molecule has 0 saturated heterocycles. The number of nitrogens with zero attached hydrogens (tertiary/aromatic N) is 3. The minimum absolute atomic E-state index is 0.00129. The van der Waals surface area contributed by atoms with Gasteiger partial charge in [-0.2, -0.15) is 0 Å². The van der Waals surface area contributed by atoms with E-state index in [1.54, 1.807) is 19.1 Å². The first kappa shape index (κ1) is 16.5. The first-order valence-electron chi connectivity index (χ1n) is 5.98. The highest BCUT2D eigenvalue weighted by Gasteiger charge is 2.28. The van der Waals surface area contributed by atoms with E-state index in [1.165, 1.54) is 6.07 Å². The lowest BCUT2D eigenvalue weighted by Crippen LogP contribution is -2.35. The molecule has 0 aliphatic rings. The second-order valence-electron chi connectivity index (χ2n) is 5.42. The Kier molecular flexibility index (Phi) is 5.13. The summed E-state index contributed by atoms with van der Waals surface area (Å²) in [5.74, 6) is 0.157. The van der Waals surface area contributed by atoms with Gasteiger partial charge in [0.05, 0.1) is 11.5 Å². The summed E-state index contributed by atoms with van der Waals surface area (Å²) in [6.07, 6.45) is 0. The van der Waals surface area contributed by atoms with Crippen LogP contribution in [0.3, 0.4) is 0 Å². The van der Waals surface area contributed by atoms with E-state index in [0.717, 1.165) is 0 Å². The van der Waals surface area contributed by atoms with Crippen LogP contribution in [-0.2, 0) is 4.74 Å². The Balaban J connectivity index is 3.15. The maximum Gasteiger partial charge on any atom is 0.334 e. The molecule has 112 valence electrons. The van der Waals surface area contributed by atoms with Crippen molar-refractivity contribution >= 4 is 28.8 Å². The Morgan fingerprint density at radius 1 is 1.60 bits per heavy atom. The number of hydrogen-bond donors (Lipinski definition) is 1. The Morgan fingerprint density at radius 2 is 2.20 bits per heavy atom. The number of rotatable bonds is 6. The molecule has 2 N–H and O–H groups in total. The molecule has 0 unspecified atom stereocenters. The highest BCUT2D eigenvalue weighted by atomic mass is 35.5. The van der Waals surface area contributed by atoms with Crippen LogP contribution < -0.4 is 10.6 Å². The molecule has 0 aliphatic heterocycles. The summed E-state index contributed by atoms with van der Waals surface area (Å²) in [5.41, 5.74) is 5.24. The van der Waals surface area contributed by atoms with Crippen molar-refractivity contribution in [2.45, 2.75) is 13.8 Å². The molecule has 0 bridgehead atoms. The average molecular weight is 303 g/mol. The van der Waals surface area contributed by atoms with E-state index in [1.807, 2.05) is 13.8 Å². The number of methoxy groups -OCH3 is 1. The summed E-state index contributed by atoms with van der Waals surface area (Å²) in [6, 6.07) is 1.28. The maximum atomic E-state index is 11.1. The molecule has 0 radical (unpaired) electrons. The normalized spacial score (nSPS) is 11.4. The molecule has 0 fully saturated rings. The van der Waals surface area contributed by atoms with Crippen LogP contribution >= 0.6 is 11.6 Å². The topological polar surface area (TPSA) is 94.5 Å². The van der Waals surface area contributed by atoms with Gasteiger partial charge in [0.25, 0.3) is 0 Å². The van der Waals surface area contributed by atoms with Gasteiger partial charge >= 0.3 is 5.69 Å². The van der Waals surface area contributed by atoms with Gasteiger partial charge in [-0.15, -0.1) is 0 Å². The number of ether oxygens (including phenoxy) is 1. The van der Waals surface area contributed by atoms with Crippen LogP contribution in [0.4, 0.5) is 17.2 Å². The van der Waals surface area contributed by atoms with E-state index >= 15 is 0 Å². The quantitative estimate of drug-likeness (QED) is 0.492. The lowest BCUT2D eigenvalue weighted by Gasteiger charge is -2.30. The lowest BCUT2D eigenvalue weighted by atomic mass is 9.94. The number of nitro groups is 1. The number of nitrogens with two attached hydrogens (primary N) is 1. The fourth-order valence-corrected chi connectivity index (χ4v) is 2.32. The molecule has 20 heavy (non-hydrogen) atoms. The molecule has 1 heterocycles. The van der Waals surface area contributed by atoms with Crippen LogP contribution in [0.25, 0.3) is 0 Å². The van der Waals surface area contributed by atoms with Crippen LogP contribution in [-0.4, -0.2) is 37.2 Å². The molecule has 8 heteroatoms. The Hall–Kier alpha value is -1.60. The van der Waals surface area contributed by atoms with Crippen LogP contribution in [0, 0.1) is 15.5 Å². The molecule has 1 rings (SSSR count). The molecule has 0 aliphatic carbocycles. The zero-order chi connectivity index (χ0) is 15.5. The van der Waals surface area contributed by atoms with E-state index in [0.29, 0.717) is 13.2 Å². The fourth-order valence-electron chi connectivity index (χ4n) is 2.12. The lowest BCUT2D eigenvalue weighted by molar-refractivity contribution is -0.383. The van der Waals surface area contributed by atoms with Gasteiger partial charge in [-0.1, -0.05) is 25.4 Å². The number of aromatic nitrogens is 1. The largest absolute Gasteiger partial charge is 0.393 e. The molecular weight excluding hydrogens is 284 g/mol. The highest BCUT2D eigenvalue weighted by Crippen LogP contribution is 2.34. The number of anilines is 2. The number of halogens is 1. The van der Waals surface area contributed by atoms with Crippen molar-refractivity contribution in [2.75, 3.05) is 37.9 Å². The van der Waals surface area contributed by atoms with Gasteiger partial charge in [0.2, 0.25) is 5.82 Å². The van der Waals surface area contributed by atoms with Crippen LogP contribution in [0.5, 0.6) is 0 Å². The molecule has 1 aromatic rings. The predicted octanol–water partition coefficient (Wildman–Crippen LogP) is 2.33. The van der Waals surface area contributed by atoms with Crippen molar-refractivity contribution in [1.82, 2.24) is 4.98 Å². The molecule has 0 amide bonds. The van der Waals surface area contributed by atoms with Gasteiger partial charge in [-0.3, -0.25) is 10.1 Å². The van der Waals surface area contributed by atoms with Gasteiger partial charge in [0.15, 0.2) is 0 Å². The first-order valence-corrected chi connectivity index (χ1v) is 6.36. The van der Waals surface area contributed by atoms with Crippen LogP contribution in [0.15, 0.2) is 6.07 Å². The van der Waals surface area contributed by atoms with Crippen molar-refractivity contribution in [3.63, 3.8) is 0 Å². The van der Waals surface area contributed by atoms with E-state index < -0.39 is 4.92 Å². The summed E-state index contributed by atoms with van der Waals surface area (Å²) >= 11 is 5.84. The third-order valence-corrected chi connectivity index (χ3v) is 2.91. The smallest absolute Gasteiger partial charge is 0.334 e. The van der Waals surface area contributed by atoms with Crippen LogP contribution in [0.1, 0.15) is 13.8 Å². The van der Waals surface area contributed by atoms with Gasteiger partial charge in [0, 0.05) is 32.2 Å². The number of pyridine rings is 1. The van der Waals surface area contributed by atoms with Crippen LogP contribution in [0.2, 0.25) is 5.15 Å². The third-order valence-electron chi connectivity index (χ3n) is 2.72. The molecule has 0 saturated carbocycles. The Morgan fingerprint density at radius 3 is 2.70 bits per heavy atom. The highest BCUT2D eigenvalue weighted by molar-refractivity contribution is 6.30. The molecule has 7 nitrogen and oxygen atoms in total. The first-order chi connectivity index (χ1) is 9.18. The SMILES string of the molecule is COCC(C)(C)CN(C)c1nc(Cl)cc(N)c1[N+](=O)[O-]. The molecule has 1 aromatic heterocycles. The average Bonchev–Trinajstić information content (AvgIpc) is 2.25. The summed E-state index contributed by atoms with van der Waals surface area (Å²) in [4.78, 5) is 16.3. The maximum absolute atomic E-state index is 11.1. The van der Waals surface area contributed by atoms with E-state index in [-0.39, 0.29) is 27.8 Å². The Bertz CT molecular complexity index is 508.